The number of H-pyrrole nitrogens is 1. The molecule has 0 atom stereocenters. The van der Waals surface area contributed by atoms with E-state index in [1.165, 1.54) is 6.07 Å². The number of nitrogens with one attached hydrogen (secondary N) is 2. The van der Waals surface area contributed by atoms with Crippen LogP contribution in [0.3, 0.4) is 0 Å². The van der Waals surface area contributed by atoms with E-state index in [1.54, 1.807) is 48.4 Å². The highest BCUT2D eigenvalue weighted by atomic mass is 35.5. The Hall–Kier alpha value is -2.48. The molecule has 0 saturated heterocycles. The predicted molar refractivity (Wildman–Crippen MR) is 108 cm³/mol. The van der Waals surface area contributed by atoms with Crippen molar-refractivity contribution in [3.8, 4) is 11.1 Å². The Bertz CT molecular complexity index is 1260. The van der Waals surface area contributed by atoms with Gasteiger partial charge in [0, 0.05) is 30.4 Å². The van der Waals surface area contributed by atoms with E-state index in [-0.39, 0.29) is 4.90 Å². The molecule has 0 aliphatic rings. The minimum absolute atomic E-state index is 0.143. The zero-order valence-corrected chi connectivity index (χ0v) is 16.4. The first kappa shape index (κ1) is 17.9. The summed E-state index contributed by atoms with van der Waals surface area (Å²) in [7, 11) is -2.01. The minimum atomic E-state index is -3.82. The van der Waals surface area contributed by atoms with E-state index in [0.29, 0.717) is 26.6 Å². The lowest BCUT2D eigenvalue weighted by Crippen LogP contribution is -2.13. The molecule has 4 aromatic rings. The van der Waals surface area contributed by atoms with E-state index in [2.05, 4.69) is 14.8 Å². The molecule has 138 valence electrons. The van der Waals surface area contributed by atoms with E-state index in [4.69, 9.17) is 23.2 Å². The van der Waals surface area contributed by atoms with E-state index in [9.17, 15) is 8.42 Å². The van der Waals surface area contributed by atoms with Crippen molar-refractivity contribution in [3.05, 3.63) is 65.0 Å². The standard InChI is InChI=1S/C18H14Cl2N4O2S/c1-24-10-12(8-22-24)11-3-2-4-13(7-11)27(25,26)23-16-6-5-14(19)17-15(20)9-21-18(16)17/h2-10,21,23H,1H3. The number of halogens is 2. The van der Waals surface area contributed by atoms with E-state index in [0.717, 1.165) is 11.1 Å². The van der Waals surface area contributed by atoms with Crippen molar-refractivity contribution in [2.45, 2.75) is 4.90 Å². The molecule has 0 saturated carbocycles. The molecule has 0 amide bonds. The summed E-state index contributed by atoms with van der Waals surface area (Å²) in [6, 6.07) is 9.87. The first-order valence-electron chi connectivity index (χ1n) is 7.92. The molecule has 0 bridgehead atoms. The largest absolute Gasteiger partial charge is 0.358 e. The molecule has 27 heavy (non-hydrogen) atoms. The summed E-state index contributed by atoms with van der Waals surface area (Å²) < 4.78 is 30.1. The molecule has 0 spiro atoms. The van der Waals surface area contributed by atoms with Crippen molar-refractivity contribution in [2.75, 3.05) is 4.72 Å². The molecule has 0 fully saturated rings. The van der Waals surface area contributed by atoms with Crippen molar-refractivity contribution in [2.24, 2.45) is 7.05 Å². The van der Waals surface area contributed by atoms with E-state index >= 15 is 0 Å². The molecule has 2 aromatic heterocycles. The van der Waals surface area contributed by atoms with Crippen LogP contribution in [0.1, 0.15) is 0 Å². The zero-order chi connectivity index (χ0) is 19.2. The van der Waals surface area contributed by atoms with Gasteiger partial charge in [0.1, 0.15) is 0 Å². The lowest BCUT2D eigenvalue weighted by molar-refractivity contribution is 0.601. The van der Waals surface area contributed by atoms with Crippen molar-refractivity contribution >= 4 is 49.8 Å². The summed E-state index contributed by atoms with van der Waals surface area (Å²) in [5.74, 6) is 0. The van der Waals surface area contributed by atoms with Gasteiger partial charge in [0.25, 0.3) is 10.0 Å². The number of sulfonamides is 1. The van der Waals surface area contributed by atoms with Crippen LogP contribution in [0.15, 0.2) is 59.9 Å². The topological polar surface area (TPSA) is 79.8 Å². The number of aromatic nitrogens is 3. The second kappa shape index (κ2) is 6.60. The number of fused-ring (bicyclic) bond motifs is 1. The fourth-order valence-electron chi connectivity index (χ4n) is 2.87. The van der Waals surface area contributed by atoms with Crippen LogP contribution in [0.2, 0.25) is 10.0 Å². The molecule has 0 aliphatic carbocycles. The number of anilines is 1. The number of nitrogens with zero attached hydrogens (tertiary/aromatic N) is 2. The first-order valence-corrected chi connectivity index (χ1v) is 10.2. The smallest absolute Gasteiger partial charge is 0.261 e. The fourth-order valence-corrected chi connectivity index (χ4v) is 4.55. The summed E-state index contributed by atoms with van der Waals surface area (Å²) in [5.41, 5.74) is 2.49. The van der Waals surface area contributed by atoms with Gasteiger partial charge < -0.3 is 4.98 Å². The number of hydrogen-bond acceptors (Lipinski definition) is 3. The molecule has 6 nitrogen and oxygen atoms in total. The third kappa shape index (κ3) is 3.29. The highest BCUT2D eigenvalue weighted by Crippen LogP contribution is 2.35. The summed E-state index contributed by atoms with van der Waals surface area (Å²) in [6.45, 7) is 0. The van der Waals surface area contributed by atoms with Crippen molar-refractivity contribution < 1.29 is 8.42 Å². The summed E-state index contributed by atoms with van der Waals surface area (Å²) >= 11 is 12.3. The summed E-state index contributed by atoms with van der Waals surface area (Å²) in [5, 5.41) is 5.56. The van der Waals surface area contributed by atoms with Crippen LogP contribution in [-0.2, 0) is 17.1 Å². The summed E-state index contributed by atoms with van der Waals surface area (Å²) in [6.07, 6.45) is 5.07. The quantitative estimate of drug-likeness (QED) is 0.502. The lowest BCUT2D eigenvalue weighted by Gasteiger charge is -2.11. The zero-order valence-electron chi connectivity index (χ0n) is 14.1. The Morgan fingerprint density at radius 1 is 1.11 bits per heavy atom. The Morgan fingerprint density at radius 2 is 1.93 bits per heavy atom. The van der Waals surface area contributed by atoms with Crippen LogP contribution in [0.5, 0.6) is 0 Å². The van der Waals surface area contributed by atoms with Crippen LogP contribution in [0.25, 0.3) is 22.0 Å². The molecule has 4 rings (SSSR count). The molecule has 0 unspecified atom stereocenters. The van der Waals surface area contributed by atoms with Gasteiger partial charge in [-0.3, -0.25) is 9.40 Å². The maximum absolute atomic E-state index is 12.9. The number of rotatable bonds is 4. The van der Waals surface area contributed by atoms with E-state index in [1.807, 2.05) is 12.3 Å². The molecule has 2 aromatic carbocycles. The third-order valence-electron chi connectivity index (χ3n) is 4.16. The van der Waals surface area contributed by atoms with Gasteiger partial charge in [0.05, 0.1) is 32.3 Å². The van der Waals surface area contributed by atoms with Gasteiger partial charge in [0.15, 0.2) is 0 Å². The van der Waals surface area contributed by atoms with E-state index < -0.39 is 10.0 Å². The van der Waals surface area contributed by atoms with Crippen molar-refractivity contribution in [3.63, 3.8) is 0 Å². The normalized spacial score (nSPS) is 11.8. The molecule has 2 heterocycles. The number of hydrogen-bond donors (Lipinski definition) is 2. The van der Waals surface area contributed by atoms with Gasteiger partial charge >= 0.3 is 0 Å². The van der Waals surface area contributed by atoms with Crippen molar-refractivity contribution in [1.82, 2.24) is 14.8 Å². The van der Waals surface area contributed by atoms with Crippen LogP contribution in [0.4, 0.5) is 5.69 Å². The van der Waals surface area contributed by atoms with Crippen molar-refractivity contribution in [1.29, 1.82) is 0 Å². The van der Waals surface area contributed by atoms with Gasteiger partial charge in [-0.1, -0.05) is 35.3 Å². The highest BCUT2D eigenvalue weighted by Gasteiger charge is 2.18. The Balaban J connectivity index is 1.74. The average Bonchev–Trinajstić information content (AvgIpc) is 3.24. The number of benzene rings is 2. The van der Waals surface area contributed by atoms with Gasteiger partial charge in [-0.15, -0.1) is 0 Å². The molecule has 0 radical (unpaired) electrons. The fraction of sp³-hybridized carbons (Fsp3) is 0.0556. The summed E-state index contributed by atoms with van der Waals surface area (Å²) in [4.78, 5) is 3.10. The van der Waals surface area contributed by atoms with Gasteiger partial charge in [-0.2, -0.15) is 5.10 Å². The average molecular weight is 421 g/mol. The molecular formula is C18H14Cl2N4O2S. The molecule has 2 N–H and O–H groups in total. The van der Waals surface area contributed by atoms with Crippen LogP contribution in [0, 0.1) is 0 Å². The Morgan fingerprint density at radius 3 is 2.67 bits per heavy atom. The van der Waals surface area contributed by atoms with Crippen LogP contribution >= 0.6 is 23.2 Å². The number of aryl methyl sites for hydroxylation is 1. The monoisotopic (exact) mass is 420 g/mol. The van der Waals surface area contributed by atoms with Gasteiger partial charge in [-0.25, -0.2) is 8.42 Å². The van der Waals surface area contributed by atoms with Gasteiger partial charge in [-0.05, 0) is 29.8 Å². The predicted octanol–water partition coefficient (Wildman–Crippen LogP) is 4.68. The molecule has 9 heteroatoms. The van der Waals surface area contributed by atoms with Crippen LogP contribution in [-0.4, -0.2) is 23.2 Å². The molecular weight excluding hydrogens is 407 g/mol. The maximum Gasteiger partial charge on any atom is 0.261 e. The maximum atomic E-state index is 12.9. The minimum Gasteiger partial charge on any atom is -0.358 e. The molecule has 0 aliphatic heterocycles. The Kier molecular flexibility index (Phi) is 4.38. The highest BCUT2D eigenvalue weighted by molar-refractivity contribution is 7.92. The Labute approximate surface area is 165 Å². The first-order chi connectivity index (χ1) is 12.8. The second-order valence-electron chi connectivity index (χ2n) is 6.02. The SMILES string of the molecule is Cn1cc(-c2cccc(S(=O)(=O)Nc3ccc(Cl)c4c(Cl)c[nH]c34)c2)cn1. The third-order valence-corrected chi connectivity index (χ3v) is 6.14. The number of aromatic amines is 1. The second-order valence-corrected chi connectivity index (χ2v) is 8.51. The van der Waals surface area contributed by atoms with Crippen LogP contribution < -0.4 is 4.72 Å². The van der Waals surface area contributed by atoms with Gasteiger partial charge in [0.2, 0.25) is 0 Å². The lowest BCUT2D eigenvalue weighted by atomic mass is 10.1.